The van der Waals surface area contributed by atoms with Gasteiger partial charge in [-0.2, -0.15) is 0 Å². The van der Waals surface area contributed by atoms with Gasteiger partial charge in [0.25, 0.3) is 0 Å². The SMILES string of the molecule is CCc1cccc(OC[C@@H](O)CN2CCN(c3ccccc3F)CC2)c1. The summed E-state index contributed by atoms with van der Waals surface area (Å²) in [5.74, 6) is 0.622. The predicted molar refractivity (Wildman–Crippen MR) is 102 cm³/mol. The first-order valence-electron chi connectivity index (χ1n) is 9.27. The summed E-state index contributed by atoms with van der Waals surface area (Å²) in [5, 5.41) is 10.3. The Morgan fingerprint density at radius 2 is 1.85 bits per heavy atom. The number of ether oxygens (including phenoxy) is 1. The van der Waals surface area contributed by atoms with Gasteiger partial charge in [-0.05, 0) is 36.2 Å². The summed E-state index contributed by atoms with van der Waals surface area (Å²) in [6.45, 7) is 6.07. The van der Waals surface area contributed by atoms with E-state index in [1.165, 1.54) is 11.6 Å². The highest BCUT2D eigenvalue weighted by Gasteiger charge is 2.21. The molecule has 1 aliphatic heterocycles. The van der Waals surface area contributed by atoms with Crippen LogP contribution in [0.25, 0.3) is 0 Å². The quantitative estimate of drug-likeness (QED) is 0.826. The molecule has 0 aliphatic carbocycles. The maximum atomic E-state index is 13.9. The zero-order valence-electron chi connectivity index (χ0n) is 15.3. The van der Waals surface area contributed by atoms with E-state index in [9.17, 15) is 9.50 Å². The molecule has 4 nitrogen and oxygen atoms in total. The second kappa shape index (κ2) is 9.01. The summed E-state index contributed by atoms with van der Waals surface area (Å²) in [6, 6.07) is 14.9. The minimum Gasteiger partial charge on any atom is -0.491 e. The van der Waals surface area contributed by atoms with E-state index < -0.39 is 6.10 Å². The summed E-state index contributed by atoms with van der Waals surface area (Å²) in [5.41, 5.74) is 1.88. The molecule has 1 fully saturated rings. The minimum atomic E-state index is -0.541. The van der Waals surface area contributed by atoms with Gasteiger partial charge in [-0.15, -0.1) is 0 Å². The largest absolute Gasteiger partial charge is 0.491 e. The van der Waals surface area contributed by atoms with E-state index in [-0.39, 0.29) is 12.4 Å². The number of halogens is 1. The zero-order chi connectivity index (χ0) is 18.4. The molecule has 26 heavy (non-hydrogen) atoms. The molecule has 0 amide bonds. The van der Waals surface area contributed by atoms with E-state index >= 15 is 0 Å². The fourth-order valence-electron chi connectivity index (χ4n) is 3.28. The van der Waals surface area contributed by atoms with Gasteiger partial charge in [0, 0.05) is 32.7 Å². The third kappa shape index (κ3) is 4.96. The molecule has 1 aliphatic rings. The molecule has 0 unspecified atom stereocenters. The van der Waals surface area contributed by atoms with E-state index in [0.29, 0.717) is 12.2 Å². The normalized spacial score (nSPS) is 16.5. The van der Waals surface area contributed by atoms with Gasteiger partial charge < -0.3 is 14.7 Å². The smallest absolute Gasteiger partial charge is 0.146 e. The Balaban J connectivity index is 1.43. The molecule has 1 atom stereocenters. The Morgan fingerprint density at radius 1 is 1.08 bits per heavy atom. The standard InChI is InChI=1S/C21H27FN2O2/c1-2-17-6-5-7-19(14-17)26-16-18(25)15-23-10-12-24(13-11-23)21-9-4-3-8-20(21)22/h3-9,14,18,25H,2,10-13,15-16H2,1H3/t18-/m0/s1. The Hall–Kier alpha value is -2.11. The first kappa shape index (κ1) is 18.7. The Morgan fingerprint density at radius 3 is 2.58 bits per heavy atom. The van der Waals surface area contributed by atoms with Crippen LogP contribution in [0.2, 0.25) is 0 Å². The van der Waals surface area contributed by atoms with Crippen LogP contribution in [0, 0.1) is 5.82 Å². The third-order valence-electron chi connectivity index (χ3n) is 4.78. The number of rotatable bonds is 7. The van der Waals surface area contributed by atoms with Crippen molar-refractivity contribution in [3.63, 3.8) is 0 Å². The summed E-state index contributed by atoms with van der Waals surface area (Å²) < 4.78 is 19.6. The second-order valence-electron chi connectivity index (χ2n) is 6.70. The molecule has 1 N–H and O–H groups in total. The van der Waals surface area contributed by atoms with Crippen molar-refractivity contribution in [2.75, 3.05) is 44.2 Å². The van der Waals surface area contributed by atoms with Crippen molar-refractivity contribution >= 4 is 5.69 Å². The number of anilines is 1. The number of aliphatic hydroxyl groups excluding tert-OH is 1. The zero-order valence-corrected chi connectivity index (χ0v) is 15.3. The lowest BCUT2D eigenvalue weighted by Crippen LogP contribution is -2.49. The molecule has 0 saturated carbocycles. The van der Waals surface area contributed by atoms with Crippen molar-refractivity contribution in [2.24, 2.45) is 0 Å². The van der Waals surface area contributed by atoms with Crippen LogP contribution in [0.4, 0.5) is 10.1 Å². The minimum absolute atomic E-state index is 0.177. The van der Waals surface area contributed by atoms with Gasteiger partial charge >= 0.3 is 0 Å². The van der Waals surface area contributed by atoms with Crippen molar-refractivity contribution in [3.05, 3.63) is 59.9 Å². The number of β-amino-alcohol motifs (C(OH)–C–C–N with tert-alkyl or cyclic N) is 1. The van der Waals surface area contributed by atoms with Crippen molar-refractivity contribution < 1.29 is 14.2 Å². The van der Waals surface area contributed by atoms with E-state index in [4.69, 9.17) is 4.74 Å². The summed E-state index contributed by atoms with van der Waals surface area (Å²) in [6.07, 6.45) is 0.423. The van der Waals surface area contributed by atoms with E-state index in [2.05, 4.69) is 22.8 Å². The molecule has 1 heterocycles. The number of piperazine rings is 1. The highest BCUT2D eigenvalue weighted by molar-refractivity contribution is 5.48. The molecule has 0 bridgehead atoms. The van der Waals surface area contributed by atoms with Crippen LogP contribution >= 0.6 is 0 Å². The maximum Gasteiger partial charge on any atom is 0.146 e. The van der Waals surface area contributed by atoms with Crippen LogP contribution in [0.5, 0.6) is 5.75 Å². The van der Waals surface area contributed by atoms with Crippen molar-refractivity contribution in [1.82, 2.24) is 4.90 Å². The van der Waals surface area contributed by atoms with Gasteiger partial charge in [0.15, 0.2) is 0 Å². The number of hydrogen-bond acceptors (Lipinski definition) is 4. The molecule has 0 radical (unpaired) electrons. The molecule has 0 spiro atoms. The fourth-order valence-corrected chi connectivity index (χ4v) is 3.28. The highest BCUT2D eigenvalue weighted by Crippen LogP contribution is 2.20. The molecular formula is C21H27FN2O2. The predicted octanol–water partition coefficient (Wildman–Crippen LogP) is 2.95. The van der Waals surface area contributed by atoms with Crippen LogP contribution in [0.15, 0.2) is 48.5 Å². The lowest BCUT2D eigenvalue weighted by atomic mass is 10.2. The molecule has 5 heteroatoms. The van der Waals surface area contributed by atoms with Crippen LogP contribution < -0.4 is 9.64 Å². The molecule has 2 aromatic carbocycles. The molecule has 1 saturated heterocycles. The first-order valence-corrected chi connectivity index (χ1v) is 9.27. The average molecular weight is 358 g/mol. The molecule has 2 aromatic rings. The number of aryl methyl sites for hydroxylation is 1. The van der Waals surface area contributed by atoms with Crippen LogP contribution in [0.1, 0.15) is 12.5 Å². The Bertz CT molecular complexity index is 702. The summed E-state index contributed by atoms with van der Waals surface area (Å²) >= 11 is 0. The second-order valence-corrected chi connectivity index (χ2v) is 6.70. The van der Waals surface area contributed by atoms with Crippen molar-refractivity contribution in [3.8, 4) is 5.75 Å². The highest BCUT2D eigenvalue weighted by atomic mass is 19.1. The topological polar surface area (TPSA) is 35.9 Å². The number of para-hydroxylation sites is 1. The summed E-state index contributed by atoms with van der Waals surface area (Å²) in [7, 11) is 0. The average Bonchev–Trinajstić information content (AvgIpc) is 2.68. The van der Waals surface area contributed by atoms with Crippen molar-refractivity contribution in [2.45, 2.75) is 19.4 Å². The number of benzene rings is 2. The third-order valence-corrected chi connectivity index (χ3v) is 4.78. The van der Waals surface area contributed by atoms with Crippen LogP contribution in [0.3, 0.4) is 0 Å². The van der Waals surface area contributed by atoms with Gasteiger partial charge in [0.1, 0.15) is 24.3 Å². The maximum absolute atomic E-state index is 13.9. The van der Waals surface area contributed by atoms with Gasteiger partial charge in [0.2, 0.25) is 0 Å². The number of hydrogen-bond donors (Lipinski definition) is 1. The van der Waals surface area contributed by atoms with E-state index in [1.807, 2.05) is 30.3 Å². The molecule has 0 aromatic heterocycles. The van der Waals surface area contributed by atoms with Gasteiger partial charge in [-0.3, -0.25) is 4.90 Å². The van der Waals surface area contributed by atoms with Crippen LogP contribution in [-0.4, -0.2) is 55.4 Å². The van der Waals surface area contributed by atoms with E-state index in [0.717, 1.165) is 38.3 Å². The van der Waals surface area contributed by atoms with Gasteiger partial charge in [-0.25, -0.2) is 4.39 Å². The molecule has 140 valence electrons. The van der Waals surface area contributed by atoms with Crippen LogP contribution in [-0.2, 0) is 6.42 Å². The first-order chi connectivity index (χ1) is 12.7. The van der Waals surface area contributed by atoms with Crippen molar-refractivity contribution in [1.29, 1.82) is 0 Å². The number of aliphatic hydroxyl groups is 1. The Labute approximate surface area is 154 Å². The lowest BCUT2D eigenvalue weighted by molar-refractivity contribution is 0.0662. The van der Waals surface area contributed by atoms with Gasteiger partial charge in [-0.1, -0.05) is 31.2 Å². The number of nitrogens with zero attached hydrogens (tertiary/aromatic N) is 2. The van der Waals surface area contributed by atoms with E-state index in [1.54, 1.807) is 6.07 Å². The summed E-state index contributed by atoms with van der Waals surface area (Å²) in [4.78, 5) is 4.26. The lowest BCUT2D eigenvalue weighted by Gasteiger charge is -2.36. The fraction of sp³-hybridized carbons (Fsp3) is 0.429. The Kier molecular flexibility index (Phi) is 6.47. The van der Waals surface area contributed by atoms with Gasteiger partial charge in [0.05, 0.1) is 5.69 Å². The monoisotopic (exact) mass is 358 g/mol. The molecule has 3 rings (SSSR count). The molecular weight excluding hydrogens is 331 g/mol.